The zero-order chi connectivity index (χ0) is 11.7. The molecule has 4 heteroatoms. The molecule has 1 aromatic heterocycles. The molecule has 0 spiro atoms. The molecule has 1 saturated carbocycles. The van der Waals surface area contributed by atoms with Crippen LogP contribution in [0.25, 0.3) is 0 Å². The molecule has 1 N–H and O–H groups in total. The van der Waals surface area contributed by atoms with E-state index in [2.05, 4.69) is 28.0 Å². The Balaban J connectivity index is 1.52. The number of aromatic nitrogens is 2. The molecular weight excluding hydrogens is 214 g/mol. The molecule has 2 fully saturated rings. The van der Waals surface area contributed by atoms with E-state index < -0.39 is 0 Å². The van der Waals surface area contributed by atoms with Crippen molar-refractivity contribution in [3.05, 3.63) is 18.2 Å². The number of nitrogens with zero attached hydrogens (tertiary/aromatic N) is 2. The van der Waals surface area contributed by atoms with Crippen LogP contribution in [0.4, 0.5) is 0 Å². The van der Waals surface area contributed by atoms with Crippen LogP contribution >= 0.6 is 0 Å². The normalized spacial score (nSPS) is 28.8. The highest BCUT2D eigenvalue weighted by molar-refractivity contribution is 4.98. The van der Waals surface area contributed by atoms with Crippen LogP contribution in [0.2, 0.25) is 0 Å². The second-order valence-corrected chi connectivity index (χ2v) is 5.34. The fourth-order valence-electron chi connectivity index (χ4n) is 2.42. The maximum absolute atomic E-state index is 5.59. The van der Waals surface area contributed by atoms with Crippen LogP contribution < -0.4 is 5.32 Å². The van der Waals surface area contributed by atoms with Crippen molar-refractivity contribution in [3.63, 3.8) is 0 Å². The lowest BCUT2D eigenvalue weighted by Gasteiger charge is -2.13. The average molecular weight is 235 g/mol. The molecule has 2 unspecified atom stereocenters. The SMILES string of the molecule is CC1OCCC1Cn1cnc(CNC2CC2)c1. The van der Waals surface area contributed by atoms with Gasteiger partial charge in [-0.25, -0.2) is 4.98 Å². The van der Waals surface area contributed by atoms with Crippen molar-refractivity contribution in [1.29, 1.82) is 0 Å². The van der Waals surface area contributed by atoms with E-state index in [0.717, 1.165) is 31.4 Å². The van der Waals surface area contributed by atoms with E-state index in [0.29, 0.717) is 12.0 Å². The van der Waals surface area contributed by atoms with Gasteiger partial charge in [-0.15, -0.1) is 0 Å². The highest BCUT2D eigenvalue weighted by Gasteiger charge is 2.24. The van der Waals surface area contributed by atoms with Gasteiger partial charge < -0.3 is 14.6 Å². The molecule has 3 rings (SSSR count). The molecule has 0 radical (unpaired) electrons. The Morgan fingerprint density at radius 3 is 3.06 bits per heavy atom. The molecule has 1 saturated heterocycles. The Kier molecular flexibility index (Phi) is 3.16. The summed E-state index contributed by atoms with van der Waals surface area (Å²) in [4.78, 5) is 4.44. The van der Waals surface area contributed by atoms with Crippen LogP contribution in [0.1, 0.15) is 31.9 Å². The topological polar surface area (TPSA) is 39.1 Å². The van der Waals surface area contributed by atoms with Crippen molar-refractivity contribution in [2.45, 2.75) is 51.4 Å². The number of ether oxygens (including phenoxy) is 1. The third-order valence-corrected chi connectivity index (χ3v) is 3.81. The lowest BCUT2D eigenvalue weighted by Crippen LogP contribution is -2.17. The van der Waals surface area contributed by atoms with Crippen molar-refractivity contribution < 1.29 is 4.74 Å². The summed E-state index contributed by atoms with van der Waals surface area (Å²) in [6.07, 6.45) is 8.35. The number of hydrogen-bond acceptors (Lipinski definition) is 3. The van der Waals surface area contributed by atoms with Crippen LogP contribution in [-0.2, 0) is 17.8 Å². The van der Waals surface area contributed by atoms with Gasteiger partial charge in [0.2, 0.25) is 0 Å². The highest BCUT2D eigenvalue weighted by atomic mass is 16.5. The van der Waals surface area contributed by atoms with E-state index in [1.165, 1.54) is 19.3 Å². The van der Waals surface area contributed by atoms with E-state index in [1.807, 2.05) is 6.33 Å². The first-order chi connectivity index (χ1) is 8.31. The van der Waals surface area contributed by atoms with E-state index >= 15 is 0 Å². The number of nitrogens with one attached hydrogen (secondary N) is 1. The molecule has 2 heterocycles. The van der Waals surface area contributed by atoms with Crippen LogP contribution in [0.15, 0.2) is 12.5 Å². The minimum Gasteiger partial charge on any atom is -0.378 e. The van der Waals surface area contributed by atoms with E-state index in [9.17, 15) is 0 Å². The summed E-state index contributed by atoms with van der Waals surface area (Å²) in [7, 11) is 0. The summed E-state index contributed by atoms with van der Waals surface area (Å²) in [5, 5.41) is 3.49. The summed E-state index contributed by atoms with van der Waals surface area (Å²) >= 11 is 0. The van der Waals surface area contributed by atoms with Crippen molar-refractivity contribution in [3.8, 4) is 0 Å². The summed E-state index contributed by atoms with van der Waals surface area (Å²) in [6, 6.07) is 0.753. The van der Waals surface area contributed by atoms with Gasteiger partial charge in [0, 0.05) is 37.9 Å². The molecule has 2 aliphatic rings. The predicted molar refractivity (Wildman–Crippen MR) is 65.6 cm³/mol. The van der Waals surface area contributed by atoms with Gasteiger partial charge in [0.15, 0.2) is 0 Å². The zero-order valence-corrected chi connectivity index (χ0v) is 10.4. The first-order valence-corrected chi connectivity index (χ1v) is 6.67. The number of rotatable bonds is 5. The summed E-state index contributed by atoms with van der Waals surface area (Å²) in [5.41, 5.74) is 1.16. The lowest BCUT2D eigenvalue weighted by molar-refractivity contribution is 0.102. The van der Waals surface area contributed by atoms with Gasteiger partial charge in [0.25, 0.3) is 0 Å². The Hall–Kier alpha value is -0.870. The van der Waals surface area contributed by atoms with Gasteiger partial charge in [-0.1, -0.05) is 0 Å². The summed E-state index contributed by atoms with van der Waals surface area (Å²) < 4.78 is 7.79. The molecule has 4 nitrogen and oxygen atoms in total. The van der Waals surface area contributed by atoms with Crippen LogP contribution in [0.5, 0.6) is 0 Å². The largest absolute Gasteiger partial charge is 0.378 e. The Bertz CT molecular complexity index is 372. The fraction of sp³-hybridized carbons (Fsp3) is 0.769. The molecule has 94 valence electrons. The fourth-order valence-corrected chi connectivity index (χ4v) is 2.42. The van der Waals surface area contributed by atoms with Crippen LogP contribution in [0, 0.1) is 5.92 Å². The molecule has 1 aliphatic carbocycles. The minimum atomic E-state index is 0.394. The monoisotopic (exact) mass is 235 g/mol. The van der Waals surface area contributed by atoms with Gasteiger partial charge >= 0.3 is 0 Å². The Labute approximate surface area is 102 Å². The average Bonchev–Trinajstić information content (AvgIpc) is 2.92. The van der Waals surface area contributed by atoms with Crippen molar-refractivity contribution >= 4 is 0 Å². The van der Waals surface area contributed by atoms with Crippen molar-refractivity contribution in [2.75, 3.05) is 6.61 Å². The third kappa shape index (κ3) is 2.87. The summed E-state index contributed by atoms with van der Waals surface area (Å²) in [5.74, 6) is 0.647. The second kappa shape index (κ2) is 4.78. The molecule has 0 aromatic carbocycles. The second-order valence-electron chi connectivity index (χ2n) is 5.34. The van der Waals surface area contributed by atoms with Gasteiger partial charge in [-0.2, -0.15) is 0 Å². The standard InChI is InChI=1S/C13H21N3O/c1-10-11(4-5-17-10)7-16-8-13(15-9-16)6-14-12-2-3-12/h8-12,14H,2-7H2,1H3. The van der Waals surface area contributed by atoms with E-state index in [1.54, 1.807) is 0 Å². The Morgan fingerprint density at radius 1 is 1.47 bits per heavy atom. The highest BCUT2D eigenvalue weighted by Crippen LogP contribution is 2.22. The molecule has 17 heavy (non-hydrogen) atoms. The van der Waals surface area contributed by atoms with Gasteiger partial charge in [-0.05, 0) is 26.2 Å². The predicted octanol–water partition coefficient (Wildman–Crippen LogP) is 1.56. The Morgan fingerprint density at radius 2 is 2.35 bits per heavy atom. The van der Waals surface area contributed by atoms with Crippen molar-refractivity contribution in [1.82, 2.24) is 14.9 Å². The van der Waals surface area contributed by atoms with Crippen LogP contribution in [0.3, 0.4) is 0 Å². The van der Waals surface area contributed by atoms with Gasteiger partial charge in [0.1, 0.15) is 0 Å². The lowest BCUT2D eigenvalue weighted by atomic mass is 10.0. The molecule has 0 amide bonds. The number of imidazole rings is 1. The quantitative estimate of drug-likeness (QED) is 0.842. The third-order valence-electron chi connectivity index (χ3n) is 3.81. The zero-order valence-electron chi connectivity index (χ0n) is 10.4. The maximum atomic E-state index is 5.59. The van der Waals surface area contributed by atoms with Crippen molar-refractivity contribution in [2.24, 2.45) is 5.92 Å². The molecule has 1 aliphatic heterocycles. The van der Waals surface area contributed by atoms with Gasteiger partial charge in [0.05, 0.1) is 18.1 Å². The maximum Gasteiger partial charge on any atom is 0.0950 e. The van der Waals surface area contributed by atoms with Gasteiger partial charge in [-0.3, -0.25) is 0 Å². The first-order valence-electron chi connectivity index (χ1n) is 6.67. The van der Waals surface area contributed by atoms with E-state index in [4.69, 9.17) is 4.74 Å². The smallest absolute Gasteiger partial charge is 0.0950 e. The number of hydrogen-bond donors (Lipinski definition) is 1. The molecule has 1 aromatic rings. The van der Waals surface area contributed by atoms with Crippen LogP contribution in [-0.4, -0.2) is 28.3 Å². The minimum absolute atomic E-state index is 0.394. The molecule has 0 bridgehead atoms. The summed E-state index contributed by atoms with van der Waals surface area (Å²) in [6.45, 7) is 5.03. The van der Waals surface area contributed by atoms with E-state index in [-0.39, 0.29) is 0 Å². The molecular formula is C13H21N3O. The first kappa shape index (κ1) is 11.2. The molecule has 2 atom stereocenters.